The van der Waals surface area contributed by atoms with Crippen molar-refractivity contribution in [3.63, 3.8) is 0 Å². The van der Waals surface area contributed by atoms with Gasteiger partial charge in [-0.3, -0.25) is 10.1 Å². The highest BCUT2D eigenvalue weighted by molar-refractivity contribution is 7.86. The number of ether oxygens (including phenoxy) is 2. The van der Waals surface area contributed by atoms with Gasteiger partial charge >= 0.3 is 5.51 Å². The lowest BCUT2D eigenvalue weighted by molar-refractivity contribution is -0.932. The molecule has 1 aromatic carbocycles. The van der Waals surface area contributed by atoms with Crippen LogP contribution in [0.5, 0.6) is 11.5 Å². The number of hydrogen-bond acceptors (Lipinski definition) is 8. The Morgan fingerprint density at radius 2 is 1.94 bits per heavy atom. The van der Waals surface area contributed by atoms with E-state index in [1.807, 2.05) is 6.07 Å². The summed E-state index contributed by atoms with van der Waals surface area (Å²) in [6, 6.07) is 3.96. The molecule has 1 fully saturated rings. The number of methoxy groups -OCH3 is 1. The van der Waals surface area contributed by atoms with Crippen LogP contribution in [0.4, 0.5) is 13.2 Å². The van der Waals surface area contributed by atoms with Crippen molar-refractivity contribution in [2.45, 2.75) is 41.5 Å². The van der Waals surface area contributed by atoms with Crippen LogP contribution in [0, 0.1) is 0 Å². The molecule has 182 valence electrons. The maximum atomic E-state index is 12.7. The largest absolute Gasteiger partial charge is 0.741 e. The van der Waals surface area contributed by atoms with E-state index in [9.17, 15) is 23.2 Å². The molecular formula is C20H22F3NO8S. The van der Waals surface area contributed by atoms with Gasteiger partial charge in [-0.1, -0.05) is 6.07 Å². The van der Waals surface area contributed by atoms with Gasteiger partial charge in [-0.15, -0.1) is 0 Å². The molecule has 33 heavy (non-hydrogen) atoms. The molecule has 2 aliphatic carbocycles. The van der Waals surface area contributed by atoms with E-state index in [4.69, 9.17) is 27.3 Å². The Kier molecular flexibility index (Phi) is 5.19. The predicted molar refractivity (Wildman–Crippen MR) is 105 cm³/mol. The Hall–Kier alpha value is -2.19. The van der Waals surface area contributed by atoms with Gasteiger partial charge in [0.1, 0.15) is 6.04 Å². The Morgan fingerprint density at radius 3 is 2.48 bits per heavy atom. The lowest BCUT2D eigenvalue weighted by atomic mass is 9.50. The third-order valence-electron chi connectivity index (χ3n) is 7.28. The highest BCUT2D eigenvalue weighted by atomic mass is 32.2. The summed E-state index contributed by atoms with van der Waals surface area (Å²) in [6.07, 6.45) is 4.05. The van der Waals surface area contributed by atoms with Gasteiger partial charge in [-0.2, -0.15) is 13.2 Å². The van der Waals surface area contributed by atoms with Crippen LogP contribution in [0.15, 0.2) is 24.3 Å². The van der Waals surface area contributed by atoms with Crippen molar-refractivity contribution >= 4 is 15.9 Å². The summed E-state index contributed by atoms with van der Waals surface area (Å²) >= 11 is 0. The summed E-state index contributed by atoms with van der Waals surface area (Å²) in [5.74, 6) is 1.18. The number of benzene rings is 1. The molecule has 0 saturated carbocycles. The number of nitrogens with zero attached hydrogens (tertiary/aromatic N) is 1. The normalized spacial score (nSPS) is 32.9. The van der Waals surface area contributed by atoms with Gasteiger partial charge in [0.05, 0.1) is 33.2 Å². The number of quaternary nitrogens is 1. The third-order valence-corrected chi connectivity index (χ3v) is 7.84. The summed E-state index contributed by atoms with van der Waals surface area (Å²) in [4.78, 5) is 18.0. The smallest absolute Gasteiger partial charge is 0.485 e. The Balaban J connectivity index is 0.000000281. The second-order valence-electron chi connectivity index (χ2n) is 9.09. The van der Waals surface area contributed by atoms with Gasteiger partial charge in [0.25, 0.3) is 0 Å². The van der Waals surface area contributed by atoms with Crippen LogP contribution in [-0.2, 0) is 31.6 Å². The molecule has 13 heteroatoms. The fourth-order valence-corrected chi connectivity index (χ4v) is 5.81. The predicted octanol–water partition coefficient (Wildman–Crippen LogP) is 1.52. The Labute approximate surface area is 187 Å². The van der Waals surface area contributed by atoms with E-state index in [0.717, 1.165) is 24.1 Å². The molecule has 1 saturated heterocycles. The second-order valence-corrected chi connectivity index (χ2v) is 10.5. The van der Waals surface area contributed by atoms with Crippen LogP contribution in [0.25, 0.3) is 0 Å². The van der Waals surface area contributed by atoms with Crippen molar-refractivity contribution < 1.29 is 55.0 Å². The standard InChI is InChI=1S/C19H21NO5.CHF3O3S/c1-20(2)9-8-18-15-11-4-5-13(23-3)16(15)24-17(18)12(21)6-7-19(18,25-22)14(20)10-11;2-1(3,4)8(5,6)7/h4-7,14,17H,8-10H2,1-3H3;(H,5,6,7)/t14-,17+,18+,19-;/m1./s1. The van der Waals surface area contributed by atoms with Crippen molar-refractivity contribution in [2.75, 3.05) is 27.7 Å². The molecule has 0 amide bonds. The number of carbonyl (C=O) groups is 1. The number of carbonyl (C=O) groups excluding carboxylic acids is 1. The lowest BCUT2D eigenvalue weighted by Gasteiger charge is -2.62. The van der Waals surface area contributed by atoms with Crippen LogP contribution in [0.1, 0.15) is 17.5 Å². The molecule has 5 rings (SSSR count). The molecule has 1 aromatic rings. The van der Waals surface area contributed by atoms with Gasteiger partial charge in [0.2, 0.25) is 0 Å². The van der Waals surface area contributed by atoms with E-state index < -0.39 is 32.7 Å². The summed E-state index contributed by atoms with van der Waals surface area (Å²) in [5, 5.41) is 10.1. The number of rotatable bonds is 2. The van der Waals surface area contributed by atoms with E-state index in [2.05, 4.69) is 20.2 Å². The number of ketones is 1. The third kappa shape index (κ3) is 3.06. The number of piperidine rings is 1. The molecule has 4 aliphatic rings. The van der Waals surface area contributed by atoms with Crippen LogP contribution in [-0.4, -0.2) is 79.5 Å². The molecule has 0 unspecified atom stereocenters. The minimum Gasteiger partial charge on any atom is -0.741 e. The molecule has 2 aliphatic heterocycles. The summed E-state index contributed by atoms with van der Waals surface area (Å²) < 4.78 is 71.3. The van der Waals surface area contributed by atoms with Crippen LogP contribution in [0.3, 0.4) is 0 Å². The van der Waals surface area contributed by atoms with Gasteiger partial charge in [0, 0.05) is 18.4 Å². The average Bonchev–Trinajstić information content (AvgIpc) is 3.08. The first-order chi connectivity index (χ1) is 15.2. The number of likely N-dealkylation sites (N-methyl/N-ethyl adjacent to an activating group) is 1. The topological polar surface area (TPSA) is 122 Å². The molecule has 4 atom stereocenters. The number of alkyl halides is 3. The highest BCUT2D eigenvalue weighted by Crippen LogP contribution is 2.65. The minimum absolute atomic E-state index is 0.00598. The van der Waals surface area contributed by atoms with Crippen LogP contribution < -0.4 is 9.47 Å². The second kappa shape index (κ2) is 7.15. The Bertz CT molecular complexity index is 1150. The van der Waals surface area contributed by atoms with Gasteiger partial charge in [-0.25, -0.2) is 13.3 Å². The van der Waals surface area contributed by atoms with Crippen LogP contribution >= 0.6 is 0 Å². The molecule has 1 N–H and O–H groups in total. The fourth-order valence-electron chi connectivity index (χ4n) is 5.81. The number of hydrogen-bond donors (Lipinski definition) is 1. The van der Waals surface area contributed by atoms with Crippen molar-refractivity contribution in [3.8, 4) is 11.5 Å². The average molecular weight is 493 g/mol. The van der Waals surface area contributed by atoms with Gasteiger partial charge in [-0.05, 0) is 23.8 Å². The SMILES string of the molecule is COc1ccc2c3c1O[C@H]1C(=O)C=C[C@@]4(OO)[C@@H](C2)[N+](C)(C)CC[C@]314.O=S(=O)([O-])C(F)(F)F. The fraction of sp³-hybridized carbons (Fsp3) is 0.550. The van der Waals surface area contributed by atoms with Gasteiger partial charge < -0.3 is 18.5 Å². The lowest BCUT2D eigenvalue weighted by Crippen LogP contribution is -2.79. The molecule has 0 radical (unpaired) electrons. The van der Waals surface area contributed by atoms with E-state index in [1.54, 1.807) is 13.2 Å². The molecule has 9 nitrogen and oxygen atoms in total. The highest BCUT2D eigenvalue weighted by Gasteiger charge is 2.76. The van der Waals surface area contributed by atoms with E-state index >= 15 is 0 Å². The van der Waals surface area contributed by atoms with Crippen molar-refractivity contribution in [1.82, 2.24) is 0 Å². The zero-order valence-electron chi connectivity index (χ0n) is 17.9. The molecule has 2 heterocycles. The quantitative estimate of drug-likeness (QED) is 0.216. The zero-order valence-corrected chi connectivity index (χ0v) is 18.7. The maximum absolute atomic E-state index is 12.7. The van der Waals surface area contributed by atoms with E-state index in [1.165, 1.54) is 6.08 Å². The zero-order chi connectivity index (χ0) is 24.6. The van der Waals surface area contributed by atoms with Crippen molar-refractivity contribution in [1.29, 1.82) is 0 Å². The molecule has 1 spiro atoms. The maximum Gasteiger partial charge on any atom is 0.485 e. The first-order valence-electron chi connectivity index (χ1n) is 9.94. The first-order valence-corrected chi connectivity index (χ1v) is 11.3. The summed E-state index contributed by atoms with van der Waals surface area (Å²) in [5.41, 5.74) is -5.18. The monoisotopic (exact) mass is 493 g/mol. The van der Waals surface area contributed by atoms with Crippen LogP contribution in [0.2, 0.25) is 0 Å². The molecule has 2 bridgehead atoms. The number of likely N-dealkylation sites (tertiary alicyclic amines) is 1. The molecular weight excluding hydrogens is 471 g/mol. The van der Waals surface area contributed by atoms with E-state index in [0.29, 0.717) is 22.4 Å². The Morgan fingerprint density at radius 1 is 1.30 bits per heavy atom. The number of halogens is 3. The molecule has 0 aromatic heterocycles. The van der Waals surface area contributed by atoms with E-state index in [-0.39, 0.29) is 11.8 Å². The first kappa shape index (κ1) is 24.0. The van der Waals surface area contributed by atoms with Gasteiger partial charge in [0.15, 0.2) is 39.1 Å². The summed E-state index contributed by atoms with van der Waals surface area (Å²) in [6.45, 7) is 0.882. The van der Waals surface area contributed by atoms with Crippen molar-refractivity contribution in [3.05, 3.63) is 35.4 Å². The minimum atomic E-state index is -6.09. The van der Waals surface area contributed by atoms with Crippen molar-refractivity contribution in [2.24, 2.45) is 0 Å². The summed E-state index contributed by atoms with van der Waals surface area (Å²) in [7, 11) is -0.178.